The first kappa shape index (κ1) is 15.6. The average Bonchev–Trinajstić information content (AvgIpc) is 2.58. The van der Waals surface area contributed by atoms with Gasteiger partial charge in [0.15, 0.2) is 0 Å². The Labute approximate surface area is 114 Å². The normalized spacial score (nSPS) is 14.8. The summed E-state index contributed by atoms with van der Waals surface area (Å²) in [5, 5.41) is 1.83. The molecule has 4 nitrogen and oxygen atoms in total. The minimum atomic E-state index is -3.49. The standard InChI is InChI=1S/C12H22N2O2S2/c1-8-7-17-10(6-13)11(8)18(15,16)14-9(2)12(3,4)5/h7,9,14H,6,13H2,1-5H3. The molecule has 0 bridgehead atoms. The number of aryl methyl sites for hydroxylation is 1. The minimum absolute atomic E-state index is 0.125. The maximum Gasteiger partial charge on any atom is 0.242 e. The van der Waals surface area contributed by atoms with E-state index in [9.17, 15) is 8.42 Å². The second-order valence-corrected chi connectivity index (χ2v) is 8.20. The highest BCUT2D eigenvalue weighted by Crippen LogP contribution is 2.28. The third-order valence-corrected chi connectivity index (χ3v) is 6.10. The van der Waals surface area contributed by atoms with Crippen molar-refractivity contribution in [2.45, 2.75) is 52.1 Å². The van der Waals surface area contributed by atoms with Crippen LogP contribution in [0.5, 0.6) is 0 Å². The van der Waals surface area contributed by atoms with Gasteiger partial charge in [-0.25, -0.2) is 13.1 Å². The quantitative estimate of drug-likeness (QED) is 0.893. The molecule has 0 saturated heterocycles. The summed E-state index contributed by atoms with van der Waals surface area (Å²) in [7, 11) is -3.49. The van der Waals surface area contributed by atoms with Crippen LogP contribution >= 0.6 is 11.3 Å². The number of nitrogens with one attached hydrogen (secondary N) is 1. The molecular weight excluding hydrogens is 268 g/mol. The van der Waals surface area contributed by atoms with Crippen molar-refractivity contribution in [3.8, 4) is 0 Å². The van der Waals surface area contributed by atoms with E-state index >= 15 is 0 Å². The Morgan fingerprint density at radius 2 is 2.00 bits per heavy atom. The largest absolute Gasteiger partial charge is 0.326 e. The number of hydrogen-bond acceptors (Lipinski definition) is 4. The Balaban J connectivity index is 3.11. The molecule has 6 heteroatoms. The summed E-state index contributed by atoms with van der Waals surface area (Å²) in [6, 6.07) is -0.146. The van der Waals surface area contributed by atoms with E-state index in [0.717, 1.165) is 5.56 Å². The third kappa shape index (κ3) is 3.32. The lowest BCUT2D eigenvalue weighted by molar-refractivity contribution is 0.317. The SMILES string of the molecule is Cc1csc(CN)c1S(=O)(=O)NC(C)C(C)(C)C. The summed E-state index contributed by atoms with van der Waals surface area (Å²) in [4.78, 5) is 1.06. The molecule has 0 aromatic carbocycles. The smallest absolute Gasteiger partial charge is 0.242 e. The van der Waals surface area contributed by atoms with Gasteiger partial charge in [0.2, 0.25) is 10.0 Å². The Hall–Kier alpha value is -0.430. The fourth-order valence-corrected chi connectivity index (χ4v) is 4.61. The molecule has 1 heterocycles. The van der Waals surface area contributed by atoms with E-state index in [1.54, 1.807) is 6.92 Å². The number of rotatable bonds is 4. The first-order chi connectivity index (χ1) is 8.09. The summed E-state index contributed by atoms with van der Waals surface area (Å²) in [5.74, 6) is 0. The van der Waals surface area contributed by atoms with Gasteiger partial charge in [-0.1, -0.05) is 20.8 Å². The lowest BCUT2D eigenvalue weighted by Gasteiger charge is -2.28. The monoisotopic (exact) mass is 290 g/mol. The van der Waals surface area contributed by atoms with Gasteiger partial charge in [0.25, 0.3) is 0 Å². The van der Waals surface area contributed by atoms with E-state index in [0.29, 0.717) is 9.77 Å². The third-order valence-electron chi connectivity index (χ3n) is 3.07. The average molecular weight is 290 g/mol. The second kappa shape index (κ2) is 5.28. The Morgan fingerprint density at radius 3 is 2.44 bits per heavy atom. The van der Waals surface area contributed by atoms with Crippen LogP contribution in [-0.4, -0.2) is 14.5 Å². The first-order valence-corrected chi connectivity index (χ1v) is 8.25. The number of thiophene rings is 1. The number of hydrogen-bond donors (Lipinski definition) is 2. The summed E-state index contributed by atoms with van der Waals surface area (Å²) in [6.45, 7) is 9.94. The van der Waals surface area contributed by atoms with Gasteiger partial charge in [0.1, 0.15) is 4.90 Å². The van der Waals surface area contributed by atoms with Crippen molar-refractivity contribution in [3.05, 3.63) is 15.8 Å². The first-order valence-electron chi connectivity index (χ1n) is 5.89. The van der Waals surface area contributed by atoms with E-state index in [2.05, 4.69) is 4.72 Å². The zero-order chi connectivity index (χ0) is 14.1. The van der Waals surface area contributed by atoms with Gasteiger partial charge in [0, 0.05) is 17.5 Å². The fourth-order valence-electron chi connectivity index (χ4n) is 1.46. The van der Waals surface area contributed by atoms with Crippen LogP contribution in [0.4, 0.5) is 0 Å². The van der Waals surface area contributed by atoms with Crippen LogP contribution in [0.2, 0.25) is 0 Å². The van der Waals surface area contributed by atoms with Gasteiger partial charge in [-0.05, 0) is 30.2 Å². The van der Waals surface area contributed by atoms with Gasteiger partial charge in [-0.15, -0.1) is 11.3 Å². The van der Waals surface area contributed by atoms with E-state index < -0.39 is 10.0 Å². The molecule has 0 aliphatic heterocycles. The molecule has 0 aliphatic carbocycles. The van der Waals surface area contributed by atoms with E-state index in [1.807, 2.05) is 33.1 Å². The van der Waals surface area contributed by atoms with Crippen LogP contribution < -0.4 is 10.5 Å². The van der Waals surface area contributed by atoms with Crippen LogP contribution in [0.15, 0.2) is 10.3 Å². The van der Waals surface area contributed by atoms with Gasteiger partial charge in [0.05, 0.1) is 0 Å². The molecule has 0 radical (unpaired) electrons. The zero-order valence-corrected chi connectivity index (χ0v) is 13.2. The van der Waals surface area contributed by atoms with Crippen LogP contribution in [-0.2, 0) is 16.6 Å². The van der Waals surface area contributed by atoms with Gasteiger partial charge in [-0.2, -0.15) is 0 Å². The van der Waals surface area contributed by atoms with Crippen molar-refractivity contribution >= 4 is 21.4 Å². The minimum Gasteiger partial charge on any atom is -0.326 e. The van der Waals surface area contributed by atoms with Crippen molar-refractivity contribution in [1.29, 1.82) is 0 Å². The molecule has 0 aliphatic rings. The van der Waals surface area contributed by atoms with Crippen LogP contribution in [0, 0.1) is 12.3 Å². The summed E-state index contributed by atoms with van der Waals surface area (Å²) in [5.41, 5.74) is 6.23. The van der Waals surface area contributed by atoms with Crippen LogP contribution in [0.25, 0.3) is 0 Å². The lowest BCUT2D eigenvalue weighted by atomic mass is 9.89. The van der Waals surface area contributed by atoms with E-state index in [-0.39, 0.29) is 18.0 Å². The molecule has 18 heavy (non-hydrogen) atoms. The molecule has 0 saturated carbocycles. The maximum atomic E-state index is 12.4. The van der Waals surface area contributed by atoms with E-state index in [1.165, 1.54) is 11.3 Å². The Morgan fingerprint density at radius 1 is 1.44 bits per heavy atom. The van der Waals surface area contributed by atoms with Gasteiger partial charge in [-0.3, -0.25) is 0 Å². The van der Waals surface area contributed by atoms with Crippen molar-refractivity contribution in [3.63, 3.8) is 0 Å². The molecule has 0 amide bonds. The molecule has 1 aromatic rings. The van der Waals surface area contributed by atoms with Crippen molar-refractivity contribution in [2.75, 3.05) is 0 Å². The van der Waals surface area contributed by atoms with Gasteiger partial charge < -0.3 is 5.73 Å². The summed E-state index contributed by atoms with van der Waals surface area (Å²) in [6.07, 6.45) is 0. The predicted molar refractivity (Wildman–Crippen MR) is 76.2 cm³/mol. The molecule has 1 atom stereocenters. The summed E-state index contributed by atoms with van der Waals surface area (Å²) >= 11 is 1.39. The molecule has 1 unspecified atom stereocenters. The lowest BCUT2D eigenvalue weighted by Crippen LogP contribution is -2.41. The maximum absolute atomic E-state index is 12.4. The molecule has 3 N–H and O–H groups in total. The molecule has 0 spiro atoms. The molecule has 0 fully saturated rings. The topological polar surface area (TPSA) is 72.2 Å². The molecule has 1 aromatic heterocycles. The fraction of sp³-hybridized carbons (Fsp3) is 0.667. The number of nitrogens with two attached hydrogens (primary N) is 1. The molecule has 1 rings (SSSR count). The zero-order valence-electron chi connectivity index (χ0n) is 11.6. The highest BCUT2D eigenvalue weighted by atomic mass is 32.2. The highest BCUT2D eigenvalue weighted by molar-refractivity contribution is 7.89. The Kier molecular flexibility index (Phi) is 4.59. The highest BCUT2D eigenvalue weighted by Gasteiger charge is 2.28. The predicted octanol–water partition coefficient (Wildman–Crippen LogP) is 2.23. The van der Waals surface area contributed by atoms with Crippen LogP contribution in [0.1, 0.15) is 38.1 Å². The Bertz CT molecular complexity index is 513. The second-order valence-electron chi connectivity index (χ2n) is 5.58. The van der Waals surface area contributed by atoms with Crippen molar-refractivity contribution < 1.29 is 8.42 Å². The summed E-state index contributed by atoms with van der Waals surface area (Å²) < 4.78 is 27.5. The van der Waals surface area contributed by atoms with Crippen molar-refractivity contribution in [1.82, 2.24) is 4.72 Å². The molecular formula is C12H22N2O2S2. The number of sulfonamides is 1. The van der Waals surface area contributed by atoms with Gasteiger partial charge >= 0.3 is 0 Å². The van der Waals surface area contributed by atoms with Crippen molar-refractivity contribution in [2.24, 2.45) is 11.1 Å². The van der Waals surface area contributed by atoms with E-state index in [4.69, 9.17) is 5.73 Å². The molecule has 104 valence electrons. The van der Waals surface area contributed by atoms with Crippen LogP contribution in [0.3, 0.4) is 0 Å².